The summed E-state index contributed by atoms with van der Waals surface area (Å²) in [6.45, 7) is 2.41. The average molecular weight is 384 g/mol. The highest BCUT2D eigenvalue weighted by molar-refractivity contribution is 6.00. The Hall–Kier alpha value is -3.40. The molecule has 1 atom stereocenters. The number of anilines is 1. The third kappa shape index (κ3) is 4.21. The molecule has 29 heavy (non-hydrogen) atoms. The van der Waals surface area contributed by atoms with Gasteiger partial charge in [0.15, 0.2) is 0 Å². The lowest BCUT2D eigenvalue weighted by Gasteiger charge is -2.22. The molecular weight excluding hydrogens is 360 g/mol. The van der Waals surface area contributed by atoms with Gasteiger partial charge in [-0.1, -0.05) is 72.8 Å². The van der Waals surface area contributed by atoms with Crippen molar-refractivity contribution >= 4 is 17.5 Å². The number of carbonyl (C=O) groups is 2. The number of hydrogen-bond donors (Lipinski definition) is 1. The first-order valence-corrected chi connectivity index (χ1v) is 9.89. The number of nitrogens with zero attached hydrogens (tertiary/aromatic N) is 1. The van der Waals surface area contributed by atoms with Crippen LogP contribution in [0.5, 0.6) is 0 Å². The molecule has 0 aliphatic carbocycles. The second-order valence-electron chi connectivity index (χ2n) is 7.51. The molecule has 0 aromatic heterocycles. The monoisotopic (exact) mass is 384 g/mol. The van der Waals surface area contributed by atoms with Gasteiger partial charge in [0.1, 0.15) is 0 Å². The normalized spacial score (nSPS) is 16.3. The van der Waals surface area contributed by atoms with Gasteiger partial charge in [-0.25, -0.2) is 0 Å². The number of carbonyl (C=O) groups excluding carboxylic acids is 2. The van der Waals surface area contributed by atoms with Crippen LogP contribution in [-0.2, 0) is 9.59 Å². The SMILES string of the molecule is Cc1cccc(N2CC(C(=O)NC(c3ccccc3)c3ccccc3)CC2=O)c1. The molecule has 1 saturated heterocycles. The summed E-state index contributed by atoms with van der Waals surface area (Å²) in [4.78, 5) is 27.4. The standard InChI is InChI=1S/C25H24N2O2/c1-18-9-8-14-22(15-18)27-17-21(16-23(27)28)25(29)26-24(19-10-4-2-5-11-19)20-12-6-3-7-13-20/h2-15,21,24H,16-17H2,1H3,(H,26,29). The van der Waals surface area contributed by atoms with E-state index in [4.69, 9.17) is 0 Å². The van der Waals surface area contributed by atoms with Gasteiger partial charge < -0.3 is 10.2 Å². The molecule has 0 radical (unpaired) electrons. The number of hydrogen-bond acceptors (Lipinski definition) is 2. The van der Waals surface area contributed by atoms with Crippen LogP contribution in [0.1, 0.15) is 29.2 Å². The Morgan fingerprint density at radius 1 is 0.931 bits per heavy atom. The van der Waals surface area contributed by atoms with E-state index < -0.39 is 0 Å². The van der Waals surface area contributed by atoms with Crippen LogP contribution in [0.2, 0.25) is 0 Å². The highest BCUT2D eigenvalue weighted by Gasteiger charge is 2.36. The third-order valence-corrected chi connectivity index (χ3v) is 5.36. The maximum Gasteiger partial charge on any atom is 0.227 e. The summed E-state index contributed by atoms with van der Waals surface area (Å²) in [5.74, 6) is -0.462. The molecule has 1 aliphatic heterocycles. The summed E-state index contributed by atoms with van der Waals surface area (Å²) >= 11 is 0. The fraction of sp³-hybridized carbons (Fsp3) is 0.200. The summed E-state index contributed by atoms with van der Waals surface area (Å²) in [5.41, 5.74) is 3.99. The molecule has 4 heteroatoms. The van der Waals surface area contributed by atoms with E-state index in [1.54, 1.807) is 4.90 Å². The predicted molar refractivity (Wildman–Crippen MR) is 115 cm³/mol. The molecule has 0 spiro atoms. The largest absolute Gasteiger partial charge is 0.345 e. The van der Waals surface area contributed by atoms with Gasteiger partial charge in [0.2, 0.25) is 11.8 Å². The van der Waals surface area contributed by atoms with Crippen molar-refractivity contribution in [3.8, 4) is 0 Å². The van der Waals surface area contributed by atoms with E-state index in [1.807, 2.05) is 91.9 Å². The van der Waals surface area contributed by atoms with Crippen LogP contribution in [0, 0.1) is 12.8 Å². The van der Waals surface area contributed by atoms with E-state index in [0.29, 0.717) is 6.54 Å². The molecule has 146 valence electrons. The van der Waals surface area contributed by atoms with E-state index >= 15 is 0 Å². The minimum atomic E-state index is -0.363. The number of amides is 2. The lowest BCUT2D eigenvalue weighted by molar-refractivity contribution is -0.126. The molecule has 1 fully saturated rings. The maximum absolute atomic E-state index is 13.1. The smallest absolute Gasteiger partial charge is 0.227 e. The lowest BCUT2D eigenvalue weighted by Crippen LogP contribution is -2.36. The summed E-state index contributed by atoms with van der Waals surface area (Å²) in [7, 11) is 0. The van der Waals surface area contributed by atoms with E-state index in [2.05, 4.69) is 5.32 Å². The van der Waals surface area contributed by atoms with Gasteiger partial charge in [0.05, 0.1) is 12.0 Å². The Labute approximate surface area is 171 Å². The van der Waals surface area contributed by atoms with Crippen LogP contribution < -0.4 is 10.2 Å². The van der Waals surface area contributed by atoms with E-state index in [9.17, 15) is 9.59 Å². The van der Waals surface area contributed by atoms with Gasteiger partial charge in [0, 0.05) is 18.7 Å². The zero-order valence-corrected chi connectivity index (χ0v) is 16.4. The minimum absolute atomic E-state index is 0.00766. The van der Waals surface area contributed by atoms with Crippen molar-refractivity contribution in [3.63, 3.8) is 0 Å². The number of nitrogens with one attached hydrogen (secondary N) is 1. The van der Waals surface area contributed by atoms with Crippen molar-refractivity contribution in [2.45, 2.75) is 19.4 Å². The number of benzene rings is 3. The van der Waals surface area contributed by atoms with Gasteiger partial charge in [-0.2, -0.15) is 0 Å². The third-order valence-electron chi connectivity index (χ3n) is 5.36. The molecule has 3 aromatic rings. The van der Waals surface area contributed by atoms with Crippen molar-refractivity contribution < 1.29 is 9.59 Å². The molecular formula is C25H24N2O2. The van der Waals surface area contributed by atoms with Crippen molar-refractivity contribution in [2.24, 2.45) is 5.92 Å². The first-order valence-electron chi connectivity index (χ1n) is 9.89. The van der Waals surface area contributed by atoms with Crippen molar-refractivity contribution in [1.82, 2.24) is 5.32 Å². The Balaban J connectivity index is 1.53. The van der Waals surface area contributed by atoms with Crippen LogP contribution in [-0.4, -0.2) is 18.4 Å². The van der Waals surface area contributed by atoms with Crippen molar-refractivity contribution in [1.29, 1.82) is 0 Å². The molecule has 0 bridgehead atoms. The van der Waals surface area contributed by atoms with Gasteiger partial charge in [-0.3, -0.25) is 9.59 Å². The Bertz CT molecular complexity index is 962. The lowest BCUT2D eigenvalue weighted by atomic mass is 9.97. The van der Waals surface area contributed by atoms with Crippen LogP contribution in [0.15, 0.2) is 84.9 Å². The second kappa shape index (κ2) is 8.31. The molecule has 4 nitrogen and oxygen atoms in total. The van der Waals surface area contributed by atoms with E-state index in [-0.39, 0.29) is 30.2 Å². The second-order valence-corrected chi connectivity index (χ2v) is 7.51. The maximum atomic E-state index is 13.1. The molecule has 4 rings (SSSR count). The number of aryl methyl sites for hydroxylation is 1. The van der Waals surface area contributed by atoms with Crippen LogP contribution in [0.25, 0.3) is 0 Å². The van der Waals surface area contributed by atoms with Crippen molar-refractivity contribution in [2.75, 3.05) is 11.4 Å². The van der Waals surface area contributed by atoms with Gasteiger partial charge in [0.25, 0.3) is 0 Å². The van der Waals surface area contributed by atoms with Gasteiger partial charge in [-0.15, -0.1) is 0 Å². The van der Waals surface area contributed by atoms with Gasteiger partial charge >= 0.3 is 0 Å². The molecule has 1 heterocycles. The predicted octanol–water partition coefficient (Wildman–Crippen LogP) is 4.25. The fourth-order valence-corrected chi connectivity index (χ4v) is 3.84. The minimum Gasteiger partial charge on any atom is -0.345 e. The summed E-state index contributed by atoms with van der Waals surface area (Å²) in [5, 5.41) is 3.18. The first-order chi connectivity index (χ1) is 14.1. The van der Waals surface area contributed by atoms with E-state index in [0.717, 1.165) is 22.4 Å². The van der Waals surface area contributed by atoms with Crippen LogP contribution in [0.3, 0.4) is 0 Å². The first kappa shape index (κ1) is 18.9. The summed E-state index contributed by atoms with van der Waals surface area (Å²) < 4.78 is 0. The fourth-order valence-electron chi connectivity index (χ4n) is 3.84. The molecule has 1 N–H and O–H groups in total. The summed E-state index contributed by atoms with van der Waals surface area (Å²) in [6, 6.07) is 27.4. The zero-order chi connectivity index (χ0) is 20.2. The Morgan fingerprint density at radius 2 is 1.55 bits per heavy atom. The molecule has 0 saturated carbocycles. The highest BCUT2D eigenvalue weighted by atomic mass is 16.2. The Morgan fingerprint density at radius 3 is 2.14 bits per heavy atom. The summed E-state index contributed by atoms with van der Waals surface area (Å²) in [6.07, 6.45) is 0.232. The van der Waals surface area contributed by atoms with Gasteiger partial charge in [-0.05, 0) is 35.7 Å². The molecule has 2 amide bonds. The number of rotatable bonds is 5. The van der Waals surface area contributed by atoms with Crippen molar-refractivity contribution in [3.05, 3.63) is 102 Å². The quantitative estimate of drug-likeness (QED) is 0.715. The van der Waals surface area contributed by atoms with E-state index in [1.165, 1.54) is 0 Å². The molecule has 1 aliphatic rings. The zero-order valence-electron chi connectivity index (χ0n) is 16.4. The van der Waals surface area contributed by atoms with Crippen LogP contribution in [0.4, 0.5) is 5.69 Å². The molecule has 1 unspecified atom stereocenters. The Kier molecular flexibility index (Phi) is 5.43. The highest BCUT2D eigenvalue weighted by Crippen LogP contribution is 2.28. The topological polar surface area (TPSA) is 49.4 Å². The van der Waals surface area contributed by atoms with Crippen LogP contribution >= 0.6 is 0 Å². The average Bonchev–Trinajstić information content (AvgIpc) is 3.15. The molecule has 3 aromatic carbocycles.